The number of carboxylic acids is 1. The maximum Gasteiger partial charge on any atom is 0.230 e. The Hall–Kier alpha value is -1.44. The minimum absolute atomic E-state index is 0.112. The van der Waals surface area contributed by atoms with Gasteiger partial charge in [-0.3, -0.25) is 4.79 Å². The zero-order valence-corrected chi connectivity index (χ0v) is 13.6. The van der Waals surface area contributed by atoms with Gasteiger partial charge in [0.1, 0.15) is 6.04 Å². The van der Waals surface area contributed by atoms with E-state index in [1.54, 1.807) is 23.5 Å². The summed E-state index contributed by atoms with van der Waals surface area (Å²) in [6, 6.07) is 6.33. The first-order chi connectivity index (χ1) is 10.0. The summed E-state index contributed by atoms with van der Waals surface area (Å²) >= 11 is 3.32. The summed E-state index contributed by atoms with van der Waals surface area (Å²) in [7, 11) is 1.96. The highest BCUT2D eigenvalue weighted by atomic mass is 79.9. The van der Waals surface area contributed by atoms with Crippen molar-refractivity contribution in [2.75, 3.05) is 25.5 Å². The maximum atomic E-state index is 11.9. The van der Waals surface area contributed by atoms with Crippen molar-refractivity contribution >= 4 is 33.5 Å². The van der Waals surface area contributed by atoms with Crippen LogP contribution in [0.4, 0.5) is 5.69 Å². The minimum Gasteiger partial charge on any atom is -0.544 e. The monoisotopic (exact) mass is 358 g/mol. The summed E-state index contributed by atoms with van der Waals surface area (Å²) < 4.78 is 0.755. The van der Waals surface area contributed by atoms with Gasteiger partial charge in [-0.25, -0.2) is 0 Å². The number of rotatable bonds is 9. The predicted molar refractivity (Wildman–Crippen MR) is 80.3 cm³/mol. The summed E-state index contributed by atoms with van der Waals surface area (Å²) in [5.74, 6) is -1.55. The highest BCUT2D eigenvalue weighted by molar-refractivity contribution is 9.10. The zero-order chi connectivity index (χ0) is 15.7. The minimum atomic E-state index is -1.21. The van der Waals surface area contributed by atoms with Crippen molar-refractivity contribution in [3.63, 3.8) is 0 Å². The highest BCUT2D eigenvalue weighted by Gasteiger charge is 2.18. The topological polar surface area (TPSA) is 102 Å². The molecule has 0 saturated heterocycles. The largest absolute Gasteiger partial charge is 0.544 e. The number of quaternary nitrogens is 2. The van der Waals surface area contributed by atoms with Crippen molar-refractivity contribution in [3.8, 4) is 0 Å². The number of benzene rings is 1. The van der Waals surface area contributed by atoms with Gasteiger partial charge in [-0.1, -0.05) is 12.1 Å². The van der Waals surface area contributed by atoms with E-state index in [1.165, 1.54) is 0 Å². The van der Waals surface area contributed by atoms with Crippen molar-refractivity contribution in [1.29, 1.82) is 0 Å². The van der Waals surface area contributed by atoms with E-state index in [2.05, 4.69) is 21.2 Å². The molecule has 1 amide bonds. The zero-order valence-electron chi connectivity index (χ0n) is 12.0. The van der Waals surface area contributed by atoms with E-state index in [4.69, 9.17) is 0 Å². The van der Waals surface area contributed by atoms with E-state index < -0.39 is 12.0 Å². The molecule has 5 N–H and O–H groups in total. The third-order valence-electron chi connectivity index (χ3n) is 3.00. The number of carboxylic acid groups (broad SMARTS) is 1. The van der Waals surface area contributed by atoms with Crippen LogP contribution in [0.1, 0.15) is 12.8 Å². The molecule has 0 aliphatic rings. The quantitative estimate of drug-likeness (QED) is 0.446. The predicted octanol–water partition coefficient (Wildman–Crippen LogP) is -1.96. The normalized spacial score (nSPS) is 11.9. The fourth-order valence-corrected chi connectivity index (χ4v) is 2.25. The van der Waals surface area contributed by atoms with Crippen LogP contribution in [0.15, 0.2) is 28.7 Å². The van der Waals surface area contributed by atoms with Crippen LogP contribution in [-0.2, 0) is 9.59 Å². The number of carbonyl (C=O) groups excluding carboxylic acids is 2. The van der Waals surface area contributed by atoms with Crippen molar-refractivity contribution < 1.29 is 25.3 Å². The number of para-hydroxylation sites is 1. The molecule has 1 atom stereocenters. The maximum absolute atomic E-state index is 11.9. The van der Waals surface area contributed by atoms with Gasteiger partial charge >= 0.3 is 0 Å². The molecule has 7 heteroatoms. The first-order valence-corrected chi connectivity index (χ1v) is 7.70. The molecule has 0 fully saturated rings. The molecule has 1 aromatic rings. The Balaban J connectivity index is 2.49. The molecule has 0 aliphatic carbocycles. The summed E-state index contributed by atoms with van der Waals surface area (Å²) in [4.78, 5) is 23.0. The van der Waals surface area contributed by atoms with E-state index in [-0.39, 0.29) is 12.3 Å². The second-order valence-corrected chi connectivity index (χ2v) is 5.59. The van der Waals surface area contributed by atoms with Crippen LogP contribution in [0.25, 0.3) is 0 Å². The standard InChI is InChI=1S/C14H20BrN3O3/c1-16-7-4-8-17-12(14(20)21)9-13(19)18-11-6-3-2-5-10(11)15/h2-3,5-6,12,16-17H,4,7-9H2,1H3,(H,18,19)(H,20,21)/p+1/t12-/m1/s1. The molecule has 0 radical (unpaired) electrons. The second kappa shape index (κ2) is 9.49. The van der Waals surface area contributed by atoms with Crippen LogP contribution in [-0.4, -0.2) is 38.1 Å². The molecule has 0 heterocycles. The molecule has 0 aromatic heterocycles. The number of nitrogens with two attached hydrogens (primary N) is 2. The number of amides is 1. The molecule has 0 spiro atoms. The Morgan fingerprint density at radius 2 is 2.05 bits per heavy atom. The van der Waals surface area contributed by atoms with Gasteiger partial charge in [0.25, 0.3) is 0 Å². The number of nitrogens with one attached hydrogen (secondary N) is 1. The lowest BCUT2D eigenvalue weighted by atomic mass is 10.2. The van der Waals surface area contributed by atoms with E-state index in [0.29, 0.717) is 12.2 Å². The van der Waals surface area contributed by atoms with Crippen LogP contribution in [0, 0.1) is 0 Å². The molecule has 116 valence electrons. The Labute approximate surface area is 132 Å². The van der Waals surface area contributed by atoms with Gasteiger partial charge in [-0.15, -0.1) is 0 Å². The van der Waals surface area contributed by atoms with E-state index in [9.17, 15) is 14.7 Å². The number of halogens is 1. The van der Waals surface area contributed by atoms with Crippen LogP contribution in [0.5, 0.6) is 0 Å². The van der Waals surface area contributed by atoms with Crippen molar-refractivity contribution in [2.45, 2.75) is 18.9 Å². The molecule has 0 aliphatic heterocycles. The molecule has 1 aromatic carbocycles. The third kappa shape index (κ3) is 6.70. The number of hydrogen-bond donors (Lipinski definition) is 3. The summed E-state index contributed by atoms with van der Waals surface area (Å²) in [6.07, 6.45) is 0.769. The summed E-state index contributed by atoms with van der Waals surface area (Å²) in [6.45, 7) is 1.59. The molecule has 0 bridgehead atoms. The van der Waals surface area contributed by atoms with Gasteiger partial charge in [0, 0.05) is 10.9 Å². The molecule has 0 saturated carbocycles. The van der Waals surface area contributed by atoms with E-state index in [0.717, 1.165) is 17.4 Å². The van der Waals surface area contributed by atoms with Gasteiger partial charge in [0.05, 0.1) is 38.2 Å². The van der Waals surface area contributed by atoms with Crippen LogP contribution >= 0.6 is 15.9 Å². The number of aliphatic carboxylic acids is 1. The Morgan fingerprint density at radius 3 is 2.67 bits per heavy atom. The lowest BCUT2D eigenvalue weighted by Gasteiger charge is -2.16. The summed E-state index contributed by atoms with van der Waals surface area (Å²) in [5, 5.41) is 17.5. The van der Waals surface area contributed by atoms with Crippen molar-refractivity contribution in [2.24, 2.45) is 0 Å². The van der Waals surface area contributed by atoms with Gasteiger partial charge in [-0.2, -0.15) is 0 Å². The van der Waals surface area contributed by atoms with E-state index >= 15 is 0 Å². The molecule has 21 heavy (non-hydrogen) atoms. The lowest BCUT2D eigenvalue weighted by Crippen LogP contribution is -2.94. The summed E-state index contributed by atoms with van der Waals surface area (Å²) in [5.41, 5.74) is 0.625. The van der Waals surface area contributed by atoms with Crippen LogP contribution < -0.4 is 21.1 Å². The molecule has 6 nitrogen and oxygen atoms in total. The number of hydrogen-bond acceptors (Lipinski definition) is 3. The molecule has 1 rings (SSSR count). The average Bonchev–Trinajstić information content (AvgIpc) is 2.44. The molecular formula is C14H21BrN3O3+. The Morgan fingerprint density at radius 1 is 1.33 bits per heavy atom. The van der Waals surface area contributed by atoms with Crippen molar-refractivity contribution in [1.82, 2.24) is 0 Å². The highest BCUT2D eigenvalue weighted by Crippen LogP contribution is 2.21. The van der Waals surface area contributed by atoms with Gasteiger partial charge in [0.15, 0.2) is 0 Å². The number of anilines is 1. The third-order valence-corrected chi connectivity index (χ3v) is 3.70. The fraction of sp³-hybridized carbons (Fsp3) is 0.429. The van der Waals surface area contributed by atoms with E-state index in [1.807, 2.05) is 18.4 Å². The number of carbonyl (C=O) groups is 2. The Kier molecular flexibility index (Phi) is 7.96. The smallest absolute Gasteiger partial charge is 0.230 e. The average molecular weight is 359 g/mol. The first kappa shape index (κ1) is 17.6. The van der Waals surface area contributed by atoms with Crippen LogP contribution in [0.3, 0.4) is 0 Å². The Bertz CT molecular complexity index is 482. The first-order valence-electron chi connectivity index (χ1n) is 6.91. The van der Waals surface area contributed by atoms with Gasteiger partial charge < -0.3 is 25.9 Å². The van der Waals surface area contributed by atoms with Crippen molar-refractivity contribution in [3.05, 3.63) is 28.7 Å². The van der Waals surface area contributed by atoms with Crippen LogP contribution in [0.2, 0.25) is 0 Å². The second-order valence-electron chi connectivity index (χ2n) is 4.73. The van der Waals surface area contributed by atoms with Gasteiger partial charge in [-0.05, 0) is 28.1 Å². The van der Waals surface area contributed by atoms with Gasteiger partial charge in [0.2, 0.25) is 5.91 Å². The molecular weight excluding hydrogens is 338 g/mol. The SMILES string of the molecule is C[NH2+]CCC[NH2+][C@H](CC(=O)Nc1ccccc1Br)C(=O)[O-]. The fourth-order valence-electron chi connectivity index (χ4n) is 1.87. The molecule has 0 unspecified atom stereocenters. The lowest BCUT2D eigenvalue weighted by molar-refractivity contribution is -0.692.